The van der Waals surface area contributed by atoms with Gasteiger partial charge in [0, 0.05) is 0 Å². The van der Waals surface area contributed by atoms with Crippen LogP contribution in [-0.2, 0) is 0 Å². The normalized spacial score (nSPS) is 12.6. The molecule has 0 spiro atoms. The Balaban J connectivity index is 0.000000122. The van der Waals surface area contributed by atoms with Crippen LogP contribution in [0.1, 0.15) is 0 Å². The summed E-state index contributed by atoms with van der Waals surface area (Å²) >= 11 is 0. The van der Waals surface area contributed by atoms with Crippen LogP contribution in [0.5, 0.6) is 0 Å². The van der Waals surface area contributed by atoms with Gasteiger partial charge in [-0.3, -0.25) is 0 Å². The molecule has 2 aliphatic rings. The van der Waals surface area contributed by atoms with Crippen molar-refractivity contribution < 1.29 is 0 Å². The lowest BCUT2D eigenvalue weighted by atomic mass is 9.89. The first kappa shape index (κ1) is 39.0. The first-order valence-corrected chi connectivity index (χ1v) is 26.0. The quantitative estimate of drug-likeness (QED) is 0.105. The van der Waals surface area contributed by atoms with Gasteiger partial charge in [0.15, 0.2) is 0 Å². The molecule has 17 aromatic carbocycles. The molecular formula is C74H40. The zero-order valence-corrected chi connectivity index (χ0v) is 40.1. The van der Waals surface area contributed by atoms with Crippen LogP contribution < -0.4 is 0 Å². The molecule has 0 heteroatoms. The highest BCUT2D eigenvalue weighted by atomic mass is 14.3. The van der Waals surface area contributed by atoms with E-state index < -0.39 is 0 Å². The summed E-state index contributed by atoms with van der Waals surface area (Å²) in [6, 6.07) is 91.2. The van der Waals surface area contributed by atoms with Crippen molar-refractivity contribution in [3.63, 3.8) is 0 Å². The molecule has 0 radical (unpaired) electrons. The second kappa shape index (κ2) is 14.1. The predicted molar refractivity (Wildman–Crippen MR) is 321 cm³/mol. The van der Waals surface area contributed by atoms with E-state index in [1.807, 2.05) is 0 Å². The van der Waals surface area contributed by atoms with Crippen molar-refractivity contribution >= 4 is 140 Å². The molecule has 336 valence electrons. The Kier molecular flexibility index (Phi) is 7.43. The summed E-state index contributed by atoms with van der Waals surface area (Å²) in [6.45, 7) is 0. The molecule has 19 rings (SSSR count). The fraction of sp³-hybridized carbons (Fsp3) is 0. The Morgan fingerprint density at radius 1 is 0.122 bits per heavy atom. The Labute approximate surface area is 424 Å². The SMILES string of the molecule is c1cc2c3c(cccc3c1)-c1cc3cc4c5ccccc5c5ccccc5c4cc3cc1-2.c1ccc2cc3c(cc2c1)c1ccccc1c1cc2cc4c(cc2cc13)-c1ccc2ccc3cccc5cc-4c1c2c35. The van der Waals surface area contributed by atoms with E-state index in [1.165, 1.54) is 185 Å². The van der Waals surface area contributed by atoms with Gasteiger partial charge in [-0.2, -0.15) is 0 Å². The van der Waals surface area contributed by atoms with Crippen LogP contribution in [0, 0.1) is 0 Å². The summed E-state index contributed by atoms with van der Waals surface area (Å²) in [5.74, 6) is 0. The maximum Gasteiger partial charge on any atom is -0.00137 e. The fourth-order valence-corrected chi connectivity index (χ4v) is 14.1. The first-order valence-electron chi connectivity index (χ1n) is 26.0. The molecule has 0 heterocycles. The largest absolute Gasteiger partial charge is 0.0616 e. The van der Waals surface area contributed by atoms with E-state index >= 15 is 0 Å². The molecule has 0 unspecified atom stereocenters. The van der Waals surface area contributed by atoms with Crippen LogP contribution in [0.25, 0.3) is 185 Å². The number of benzene rings is 17. The van der Waals surface area contributed by atoms with Gasteiger partial charge in [0.05, 0.1) is 0 Å². The van der Waals surface area contributed by atoms with Crippen molar-refractivity contribution in [2.24, 2.45) is 0 Å². The Morgan fingerprint density at radius 3 is 0.892 bits per heavy atom. The number of fused-ring (bicyclic) bond motifs is 21. The zero-order chi connectivity index (χ0) is 47.9. The maximum atomic E-state index is 2.45. The lowest BCUT2D eigenvalue weighted by molar-refractivity contribution is 1.75. The number of hydrogen-bond donors (Lipinski definition) is 0. The summed E-state index contributed by atoms with van der Waals surface area (Å²) < 4.78 is 0. The summed E-state index contributed by atoms with van der Waals surface area (Å²) in [7, 11) is 0. The van der Waals surface area contributed by atoms with E-state index in [0.29, 0.717) is 0 Å². The standard InChI is InChI=1S/C42H22.C32H18/c1-2-7-26-17-36-33(16-25(26)6-1)30-10-3-4-11-31(30)34-19-28-22-38-35(20-29(28)21-37(34)36)32-15-14-24-13-12-23-8-5-9-27-18-39(38)42(32)41(24)40(23)27;1-3-11-24-22(9-1)23-10-2-4-12-25(23)29-16-21-18-31-27-14-6-8-19-7-5-13-26(32(19)27)30(31)17-20(21)15-28(24)29/h1-22H;1-18H. The lowest BCUT2D eigenvalue weighted by Crippen LogP contribution is -1.86. The van der Waals surface area contributed by atoms with Crippen LogP contribution in [-0.4, -0.2) is 0 Å². The van der Waals surface area contributed by atoms with Gasteiger partial charge in [-0.05, 0) is 251 Å². The monoisotopic (exact) mass is 928 g/mol. The molecule has 0 nitrogen and oxygen atoms in total. The van der Waals surface area contributed by atoms with Gasteiger partial charge in [-0.15, -0.1) is 0 Å². The van der Waals surface area contributed by atoms with Gasteiger partial charge in [0.25, 0.3) is 0 Å². The third kappa shape index (κ3) is 5.11. The van der Waals surface area contributed by atoms with Crippen molar-refractivity contribution in [3.05, 3.63) is 243 Å². The Hall–Kier alpha value is -9.62. The van der Waals surface area contributed by atoms with Gasteiger partial charge in [-0.25, -0.2) is 0 Å². The Morgan fingerprint density at radius 2 is 0.419 bits per heavy atom. The van der Waals surface area contributed by atoms with Crippen LogP contribution in [0.15, 0.2) is 243 Å². The molecule has 17 aromatic rings. The molecule has 0 atom stereocenters. The average Bonchev–Trinajstić information content (AvgIpc) is 3.96. The summed E-state index contributed by atoms with van der Waals surface area (Å²) in [6.07, 6.45) is 0. The highest BCUT2D eigenvalue weighted by Crippen LogP contribution is 2.54. The van der Waals surface area contributed by atoms with Crippen LogP contribution in [0.3, 0.4) is 0 Å². The minimum absolute atomic E-state index is 1.29. The van der Waals surface area contributed by atoms with Crippen LogP contribution >= 0.6 is 0 Å². The number of rotatable bonds is 0. The van der Waals surface area contributed by atoms with E-state index in [0.717, 1.165) is 0 Å². The maximum absolute atomic E-state index is 2.45. The zero-order valence-electron chi connectivity index (χ0n) is 40.1. The van der Waals surface area contributed by atoms with Crippen molar-refractivity contribution in [1.82, 2.24) is 0 Å². The van der Waals surface area contributed by atoms with Gasteiger partial charge in [0.2, 0.25) is 0 Å². The lowest BCUT2D eigenvalue weighted by Gasteiger charge is -2.14. The van der Waals surface area contributed by atoms with Gasteiger partial charge >= 0.3 is 0 Å². The molecule has 0 N–H and O–H groups in total. The molecule has 2 aliphatic carbocycles. The fourth-order valence-electron chi connectivity index (χ4n) is 14.1. The van der Waals surface area contributed by atoms with E-state index in [9.17, 15) is 0 Å². The minimum Gasteiger partial charge on any atom is -0.0616 e. The van der Waals surface area contributed by atoms with Crippen molar-refractivity contribution in [1.29, 1.82) is 0 Å². The second-order valence-corrected chi connectivity index (χ2v) is 21.0. The van der Waals surface area contributed by atoms with Crippen molar-refractivity contribution in [2.75, 3.05) is 0 Å². The predicted octanol–water partition coefficient (Wildman–Crippen LogP) is 21.1. The molecule has 0 aliphatic heterocycles. The number of hydrogen-bond acceptors (Lipinski definition) is 0. The third-order valence-corrected chi connectivity index (χ3v) is 17.3. The van der Waals surface area contributed by atoms with Crippen LogP contribution in [0.4, 0.5) is 0 Å². The molecule has 0 amide bonds. The summed E-state index contributed by atoms with van der Waals surface area (Å²) in [4.78, 5) is 0. The van der Waals surface area contributed by atoms with E-state index in [2.05, 4.69) is 243 Å². The average molecular weight is 929 g/mol. The molecular weight excluding hydrogens is 889 g/mol. The van der Waals surface area contributed by atoms with Crippen molar-refractivity contribution in [3.8, 4) is 44.5 Å². The van der Waals surface area contributed by atoms with Crippen molar-refractivity contribution in [2.45, 2.75) is 0 Å². The highest BCUT2D eigenvalue weighted by Gasteiger charge is 2.26. The topological polar surface area (TPSA) is 0 Å². The summed E-state index contributed by atoms with van der Waals surface area (Å²) in [5, 5.41) is 34.6. The third-order valence-electron chi connectivity index (χ3n) is 17.3. The summed E-state index contributed by atoms with van der Waals surface area (Å²) in [5.41, 5.74) is 10.9. The highest BCUT2D eigenvalue weighted by molar-refractivity contribution is 6.34. The molecule has 0 aromatic heterocycles. The first-order chi connectivity index (χ1) is 36.7. The van der Waals surface area contributed by atoms with Gasteiger partial charge in [-0.1, -0.05) is 176 Å². The van der Waals surface area contributed by atoms with Gasteiger partial charge in [0.1, 0.15) is 0 Å². The van der Waals surface area contributed by atoms with E-state index in [4.69, 9.17) is 0 Å². The second-order valence-electron chi connectivity index (χ2n) is 21.0. The molecule has 74 heavy (non-hydrogen) atoms. The van der Waals surface area contributed by atoms with E-state index in [-0.39, 0.29) is 0 Å². The molecule has 0 fully saturated rings. The Bertz CT molecular complexity index is 5280. The van der Waals surface area contributed by atoms with Crippen LogP contribution in [0.2, 0.25) is 0 Å². The van der Waals surface area contributed by atoms with E-state index in [1.54, 1.807) is 0 Å². The molecule has 0 saturated heterocycles. The molecule has 0 bridgehead atoms. The minimum atomic E-state index is 1.29. The smallest absolute Gasteiger partial charge is 0.00137 e. The molecule has 0 saturated carbocycles. The van der Waals surface area contributed by atoms with Gasteiger partial charge < -0.3 is 0 Å².